The predicted octanol–water partition coefficient (Wildman–Crippen LogP) is 3.90. The quantitative estimate of drug-likeness (QED) is 0.337. The highest BCUT2D eigenvalue weighted by Gasteiger charge is 2.27. The van der Waals surface area contributed by atoms with Crippen molar-refractivity contribution in [3.63, 3.8) is 0 Å². The Morgan fingerprint density at radius 3 is 2.35 bits per heavy atom. The van der Waals surface area contributed by atoms with E-state index < -0.39 is 22.5 Å². The second-order valence-electron chi connectivity index (χ2n) is 8.34. The lowest BCUT2D eigenvalue weighted by molar-refractivity contribution is -0.119. The number of ether oxygens (including phenoxy) is 3. The van der Waals surface area contributed by atoms with Crippen molar-refractivity contribution in [3.05, 3.63) is 77.9 Å². The topological polar surface area (TPSA) is 107 Å². The van der Waals surface area contributed by atoms with Crippen molar-refractivity contribution in [1.82, 2.24) is 5.43 Å². The zero-order chi connectivity index (χ0) is 26.4. The Balaban J connectivity index is 1.55. The molecule has 1 amide bonds. The van der Waals surface area contributed by atoms with E-state index in [9.17, 15) is 13.2 Å². The van der Waals surface area contributed by atoms with Crippen LogP contribution in [0.5, 0.6) is 17.2 Å². The minimum Gasteiger partial charge on any atom is -0.494 e. The van der Waals surface area contributed by atoms with Gasteiger partial charge in [-0.25, -0.2) is 13.8 Å². The summed E-state index contributed by atoms with van der Waals surface area (Å²) >= 11 is 0. The summed E-state index contributed by atoms with van der Waals surface area (Å²) < 4.78 is 44.7. The fourth-order valence-electron chi connectivity index (χ4n) is 3.67. The van der Waals surface area contributed by atoms with Gasteiger partial charge in [0.05, 0.1) is 22.9 Å². The minimum absolute atomic E-state index is 0.0419. The molecule has 0 radical (unpaired) electrons. The average Bonchev–Trinajstić information content (AvgIpc) is 2.91. The Labute approximate surface area is 216 Å². The van der Waals surface area contributed by atoms with Gasteiger partial charge in [-0.2, -0.15) is 5.10 Å². The van der Waals surface area contributed by atoms with Crippen LogP contribution in [0.2, 0.25) is 0 Å². The summed E-state index contributed by atoms with van der Waals surface area (Å²) in [6.45, 7) is 6.44. The van der Waals surface area contributed by atoms with Gasteiger partial charge in [0.25, 0.3) is 15.9 Å². The maximum absolute atomic E-state index is 13.6. The molecule has 1 aliphatic heterocycles. The van der Waals surface area contributed by atoms with Crippen molar-refractivity contribution in [2.45, 2.75) is 25.7 Å². The maximum Gasteiger partial charge on any atom is 0.264 e. The van der Waals surface area contributed by atoms with E-state index in [0.717, 1.165) is 15.4 Å². The van der Waals surface area contributed by atoms with Crippen LogP contribution in [0.1, 0.15) is 25.0 Å². The molecule has 0 saturated heterocycles. The third-order valence-corrected chi connectivity index (χ3v) is 7.43. The normalized spacial score (nSPS) is 13.1. The fraction of sp³-hybridized carbons (Fsp3) is 0.259. The summed E-state index contributed by atoms with van der Waals surface area (Å²) in [4.78, 5) is 12.9. The van der Waals surface area contributed by atoms with Gasteiger partial charge in [0, 0.05) is 5.56 Å². The largest absolute Gasteiger partial charge is 0.494 e. The van der Waals surface area contributed by atoms with Crippen molar-refractivity contribution < 1.29 is 27.4 Å². The number of sulfonamides is 1. The van der Waals surface area contributed by atoms with Crippen LogP contribution in [0.4, 0.5) is 5.69 Å². The number of hydrazone groups is 1. The van der Waals surface area contributed by atoms with Gasteiger partial charge < -0.3 is 14.2 Å². The van der Waals surface area contributed by atoms with Crippen LogP contribution in [-0.4, -0.2) is 46.4 Å². The van der Waals surface area contributed by atoms with E-state index in [-0.39, 0.29) is 4.90 Å². The number of carbonyl (C=O) groups is 1. The number of anilines is 1. The van der Waals surface area contributed by atoms with Crippen LogP contribution in [-0.2, 0) is 14.8 Å². The van der Waals surface area contributed by atoms with Crippen LogP contribution >= 0.6 is 0 Å². The zero-order valence-corrected chi connectivity index (χ0v) is 21.7. The summed E-state index contributed by atoms with van der Waals surface area (Å²) in [6, 6.07) is 18.4. The van der Waals surface area contributed by atoms with Crippen LogP contribution in [0.3, 0.4) is 0 Å². The number of rotatable bonds is 9. The third-order valence-electron chi connectivity index (χ3n) is 5.64. The van der Waals surface area contributed by atoms with Crippen LogP contribution < -0.4 is 23.9 Å². The Kier molecular flexibility index (Phi) is 7.98. The number of hydrogen-bond acceptors (Lipinski definition) is 7. The first-order chi connectivity index (χ1) is 17.8. The molecule has 0 atom stereocenters. The van der Waals surface area contributed by atoms with Gasteiger partial charge in [0.15, 0.2) is 11.5 Å². The molecule has 9 nitrogen and oxygen atoms in total. The fourth-order valence-corrected chi connectivity index (χ4v) is 5.09. The van der Waals surface area contributed by atoms with E-state index in [1.165, 1.54) is 12.1 Å². The van der Waals surface area contributed by atoms with E-state index in [0.29, 0.717) is 48.5 Å². The standard InChI is InChI=1S/C27H29N3O6S/c1-4-34-23-10-12-24(13-11-23)37(32,33)30(22-8-5-19(2)6-9-22)18-27(31)29-28-20(3)21-7-14-25-26(17-21)36-16-15-35-25/h5-14,17H,4,15-16,18H2,1-3H3,(H,29,31). The number of nitrogens with zero attached hydrogens (tertiary/aromatic N) is 2. The lowest BCUT2D eigenvalue weighted by Gasteiger charge is -2.24. The first-order valence-electron chi connectivity index (χ1n) is 11.8. The molecule has 10 heteroatoms. The van der Waals surface area contributed by atoms with Crippen molar-refractivity contribution >= 4 is 27.3 Å². The third kappa shape index (κ3) is 6.21. The number of nitrogens with one attached hydrogen (secondary N) is 1. The highest BCUT2D eigenvalue weighted by Crippen LogP contribution is 2.31. The first-order valence-corrected chi connectivity index (χ1v) is 13.3. The van der Waals surface area contributed by atoms with Gasteiger partial charge in [-0.1, -0.05) is 17.7 Å². The van der Waals surface area contributed by atoms with Gasteiger partial charge in [0.2, 0.25) is 0 Å². The second-order valence-corrected chi connectivity index (χ2v) is 10.2. The molecule has 4 rings (SSSR count). The van der Waals surface area contributed by atoms with E-state index >= 15 is 0 Å². The molecule has 1 heterocycles. The van der Waals surface area contributed by atoms with Gasteiger partial charge >= 0.3 is 0 Å². The maximum atomic E-state index is 13.6. The molecule has 0 spiro atoms. The molecular formula is C27H29N3O6S. The van der Waals surface area contributed by atoms with Crippen LogP contribution in [0, 0.1) is 6.92 Å². The van der Waals surface area contributed by atoms with E-state index in [1.54, 1.807) is 55.5 Å². The van der Waals surface area contributed by atoms with Crippen LogP contribution in [0.25, 0.3) is 0 Å². The van der Waals surface area contributed by atoms with Gasteiger partial charge in [-0.3, -0.25) is 9.10 Å². The summed E-state index contributed by atoms with van der Waals surface area (Å²) in [5, 5.41) is 4.17. The molecule has 1 N–H and O–H groups in total. The molecule has 194 valence electrons. The molecule has 0 unspecified atom stereocenters. The molecule has 3 aromatic rings. The summed E-state index contributed by atoms with van der Waals surface area (Å²) in [5.74, 6) is 1.23. The van der Waals surface area contributed by atoms with Gasteiger partial charge in [-0.05, 0) is 75.4 Å². The van der Waals surface area contributed by atoms with Crippen LogP contribution in [0.15, 0.2) is 76.7 Å². The number of hydrogen-bond donors (Lipinski definition) is 1. The predicted molar refractivity (Wildman–Crippen MR) is 141 cm³/mol. The van der Waals surface area contributed by atoms with E-state index in [4.69, 9.17) is 14.2 Å². The summed E-state index contributed by atoms with van der Waals surface area (Å²) in [6.07, 6.45) is 0. The molecule has 0 aromatic heterocycles. The molecule has 0 aliphatic carbocycles. The Hall–Kier alpha value is -4.05. The molecule has 37 heavy (non-hydrogen) atoms. The monoisotopic (exact) mass is 523 g/mol. The lowest BCUT2D eigenvalue weighted by atomic mass is 10.1. The second kappa shape index (κ2) is 11.3. The van der Waals surface area contributed by atoms with E-state index in [2.05, 4.69) is 10.5 Å². The SMILES string of the molecule is CCOc1ccc(S(=O)(=O)N(CC(=O)NN=C(C)c2ccc3c(c2)OCCO3)c2ccc(C)cc2)cc1. The Morgan fingerprint density at radius 1 is 1.00 bits per heavy atom. The Morgan fingerprint density at radius 2 is 1.68 bits per heavy atom. The number of fused-ring (bicyclic) bond motifs is 1. The smallest absolute Gasteiger partial charge is 0.264 e. The minimum atomic E-state index is -4.06. The molecule has 1 aliphatic rings. The van der Waals surface area contributed by atoms with Crippen molar-refractivity contribution in [2.75, 3.05) is 30.7 Å². The summed E-state index contributed by atoms with van der Waals surface area (Å²) in [5.41, 5.74) is 5.07. The van der Waals surface area contributed by atoms with E-state index in [1.807, 2.05) is 19.9 Å². The number of amides is 1. The molecule has 0 fully saturated rings. The number of carbonyl (C=O) groups excluding carboxylic acids is 1. The van der Waals surface area contributed by atoms with Crippen molar-refractivity contribution in [2.24, 2.45) is 5.10 Å². The molecule has 0 saturated carbocycles. The number of benzene rings is 3. The summed E-state index contributed by atoms with van der Waals surface area (Å²) in [7, 11) is -4.06. The van der Waals surface area contributed by atoms with Crippen molar-refractivity contribution in [3.8, 4) is 17.2 Å². The van der Waals surface area contributed by atoms with Crippen molar-refractivity contribution in [1.29, 1.82) is 0 Å². The zero-order valence-electron chi connectivity index (χ0n) is 20.9. The highest BCUT2D eigenvalue weighted by molar-refractivity contribution is 7.92. The van der Waals surface area contributed by atoms with Gasteiger partial charge in [-0.15, -0.1) is 0 Å². The Bertz CT molecular complexity index is 1390. The molecule has 0 bridgehead atoms. The van der Waals surface area contributed by atoms with Gasteiger partial charge in [0.1, 0.15) is 25.5 Å². The molecular weight excluding hydrogens is 494 g/mol. The average molecular weight is 524 g/mol. The first kappa shape index (κ1) is 26.0. The molecule has 3 aromatic carbocycles. The lowest BCUT2D eigenvalue weighted by Crippen LogP contribution is -2.39. The number of aryl methyl sites for hydroxylation is 1. The highest BCUT2D eigenvalue weighted by atomic mass is 32.2.